The third-order valence-corrected chi connectivity index (χ3v) is 13.0. The molecule has 0 rings (SSSR count). The zero-order valence-electron chi connectivity index (χ0n) is 45.6. The fourth-order valence-electron chi connectivity index (χ4n) is 8.63. The van der Waals surface area contributed by atoms with Gasteiger partial charge < -0.3 is 14.2 Å². The molecular weight excluding hydrogens is 837 g/mol. The summed E-state index contributed by atoms with van der Waals surface area (Å²) in [6, 6.07) is 0. The quantitative estimate of drug-likeness (QED) is 0.0345. The van der Waals surface area contributed by atoms with E-state index < -0.39 is 6.10 Å². The van der Waals surface area contributed by atoms with Crippen LogP contribution < -0.4 is 0 Å². The highest BCUT2D eigenvalue weighted by atomic mass is 16.6. The fraction of sp³-hybridized carbons (Fsp3) is 0.810. The first-order chi connectivity index (χ1) is 33.6. The van der Waals surface area contributed by atoms with Crippen LogP contribution in [-0.2, 0) is 23.8 Å². The molecule has 0 amide bonds. The number of rotatable bonds is 55. The number of allylic oxidation sites excluding steroid dienone is 10. The fourth-order valence-corrected chi connectivity index (χ4v) is 8.63. The molecule has 0 aromatic rings. The maximum absolute atomic E-state index is 12.9. The lowest BCUT2D eigenvalue weighted by atomic mass is 10.0. The van der Waals surface area contributed by atoms with Crippen LogP contribution in [0.2, 0.25) is 0 Å². The summed E-state index contributed by atoms with van der Waals surface area (Å²) in [5.74, 6) is -0.415. The van der Waals surface area contributed by atoms with Gasteiger partial charge in [-0.15, -0.1) is 0 Å². The maximum Gasteiger partial charge on any atom is 0.306 e. The largest absolute Gasteiger partial charge is 0.462 e. The minimum Gasteiger partial charge on any atom is -0.462 e. The lowest BCUT2D eigenvalue weighted by Gasteiger charge is -2.18. The number of unbranched alkanes of at least 4 members (excludes halogenated alkanes) is 34. The predicted molar refractivity (Wildman–Crippen MR) is 298 cm³/mol. The molecule has 0 aromatic heterocycles. The van der Waals surface area contributed by atoms with Gasteiger partial charge in [-0.25, -0.2) is 0 Å². The summed E-state index contributed by atoms with van der Waals surface area (Å²) in [4.78, 5) is 25.5. The Morgan fingerprint density at radius 1 is 0.338 bits per heavy atom. The summed E-state index contributed by atoms with van der Waals surface area (Å²) in [6.07, 6.45) is 75.5. The van der Waals surface area contributed by atoms with Crippen molar-refractivity contribution in [2.75, 3.05) is 19.8 Å². The van der Waals surface area contributed by atoms with E-state index in [2.05, 4.69) is 81.5 Å². The minimum absolute atomic E-state index is 0.0650. The molecule has 1 unspecified atom stereocenters. The first-order valence-electron chi connectivity index (χ1n) is 29.8. The SMILES string of the molecule is CC/C=C\C/C=C\C/C=C\C/C=C\CCCOCC(COC(=O)CCCCCCCCCCC/C=C\CCCCCCCC)OC(=O)CCCCCCCCCCCCCCCCCCCCC. The molecule has 0 saturated heterocycles. The third kappa shape index (κ3) is 56.2. The van der Waals surface area contributed by atoms with E-state index in [1.165, 1.54) is 205 Å². The zero-order chi connectivity index (χ0) is 49.2. The maximum atomic E-state index is 12.9. The first-order valence-corrected chi connectivity index (χ1v) is 29.8. The van der Waals surface area contributed by atoms with Gasteiger partial charge in [0.25, 0.3) is 0 Å². The standard InChI is InChI=1S/C63H114O5/c1-4-7-10-13-16-19-22-25-28-30-32-34-36-38-41-44-47-50-53-56-62(64)67-60-61(59-66-58-55-52-49-46-43-40-27-24-21-18-15-12-9-6-3)68-63(65)57-54-51-48-45-42-39-37-35-33-31-29-26-23-20-17-14-11-8-5-2/h9,12,18,21,25,27-28,40,46,49,61H,4-8,10-11,13-17,19-20,22-24,26,29-39,41-45,47-48,50-60H2,1-3H3/b12-9-,21-18-,28-25-,40-27-,49-46-. The van der Waals surface area contributed by atoms with Crippen LogP contribution >= 0.6 is 0 Å². The molecule has 5 nitrogen and oxygen atoms in total. The molecule has 0 aromatic carbocycles. The number of hydrogen-bond acceptors (Lipinski definition) is 5. The van der Waals surface area contributed by atoms with Gasteiger partial charge in [0, 0.05) is 19.4 Å². The molecule has 0 aliphatic rings. The van der Waals surface area contributed by atoms with Gasteiger partial charge in [-0.2, -0.15) is 0 Å². The Bertz CT molecular complexity index is 1170. The number of carbonyl (C=O) groups excluding carboxylic acids is 2. The molecule has 0 aliphatic carbocycles. The van der Waals surface area contributed by atoms with E-state index in [1.807, 2.05) is 0 Å². The van der Waals surface area contributed by atoms with Crippen molar-refractivity contribution in [3.63, 3.8) is 0 Å². The van der Waals surface area contributed by atoms with Crippen LogP contribution in [0.25, 0.3) is 0 Å². The van der Waals surface area contributed by atoms with E-state index >= 15 is 0 Å². The molecule has 0 heterocycles. The summed E-state index contributed by atoms with van der Waals surface area (Å²) in [7, 11) is 0. The average molecular weight is 952 g/mol. The Balaban J connectivity index is 4.27. The second-order valence-electron chi connectivity index (χ2n) is 19.9. The predicted octanol–water partition coefficient (Wildman–Crippen LogP) is 20.5. The summed E-state index contributed by atoms with van der Waals surface area (Å²) in [6.45, 7) is 7.62. The second-order valence-corrected chi connectivity index (χ2v) is 19.9. The highest BCUT2D eigenvalue weighted by molar-refractivity contribution is 5.70. The molecule has 0 bridgehead atoms. The monoisotopic (exact) mass is 951 g/mol. The summed E-state index contributed by atoms with van der Waals surface area (Å²) in [5.41, 5.74) is 0. The highest BCUT2D eigenvalue weighted by Crippen LogP contribution is 2.17. The molecular formula is C63H114O5. The van der Waals surface area contributed by atoms with Gasteiger partial charge >= 0.3 is 11.9 Å². The van der Waals surface area contributed by atoms with Gasteiger partial charge in [0.05, 0.1) is 6.61 Å². The number of carbonyl (C=O) groups is 2. The Kier molecular flexibility index (Phi) is 56.8. The summed E-state index contributed by atoms with van der Waals surface area (Å²) >= 11 is 0. The van der Waals surface area contributed by atoms with Gasteiger partial charge in [-0.3, -0.25) is 9.59 Å². The Morgan fingerprint density at radius 2 is 0.662 bits per heavy atom. The van der Waals surface area contributed by atoms with Crippen LogP contribution in [-0.4, -0.2) is 37.9 Å². The minimum atomic E-state index is -0.565. The lowest BCUT2D eigenvalue weighted by molar-refractivity contribution is -0.163. The van der Waals surface area contributed by atoms with Crippen LogP contribution in [0.4, 0.5) is 0 Å². The molecule has 0 radical (unpaired) electrons. The second kappa shape index (κ2) is 58.9. The van der Waals surface area contributed by atoms with E-state index in [1.54, 1.807) is 0 Å². The first kappa shape index (κ1) is 65.6. The van der Waals surface area contributed by atoms with E-state index in [9.17, 15) is 9.59 Å². The van der Waals surface area contributed by atoms with Crippen LogP contribution in [0, 0.1) is 0 Å². The zero-order valence-corrected chi connectivity index (χ0v) is 45.6. The van der Waals surface area contributed by atoms with Crippen LogP contribution in [0.5, 0.6) is 0 Å². The van der Waals surface area contributed by atoms with Crippen molar-refractivity contribution in [1.29, 1.82) is 0 Å². The molecule has 5 heteroatoms. The van der Waals surface area contributed by atoms with E-state index in [0.29, 0.717) is 19.4 Å². The normalized spacial score (nSPS) is 12.6. The van der Waals surface area contributed by atoms with Crippen molar-refractivity contribution in [3.05, 3.63) is 60.8 Å². The van der Waals surface area contributed by atoms with E-state index in [0.717, 1.165) is 64.2 Å². The van der Waals surface area contributed by atoms with Crippen molar-refractivity contribution in [2.24, 2.45) is 0 Å². The van der Waals surface area contributed by atoms with Crippen LogP contribution in [0.15, 0.2) is 60.8 Å². The van der Waals surface area contributed by atoms with E-state index in [-0.39, 0.29) is 25.2 Å². The van der Waals surface area contributed by atoms with Gasteiger partial charge in [0.15, 0.2) is 6.10 Å². The van der Waals surface area contributed by atoms with E-state index in [4.69, 9.17) is 14.2 Å². The molecule has 0 fully saturated rings. The van der Waals surface area contributed by atoms with Crippen molar-refractivity contribution in [2.45, 2.75) is 309 Å². The van der Waals surface area contributed by atoms with Crippen molar-refractivity contribution in [1.82, 2.24) is 0 Å². The Morgan fingerprint density at radius 3 is 1.07 bits per heavy atom. The Labute approximate surface area is 424 Å². The molecule has 0 aliphatic heterocycles. The molecule has 0 saturated carbocycles. The Hall–Kier alpha value is -2.40. The molecule has 1 atom stereocenters. The molecule has 68 heavy (non-hydrogen) atoms. The van der Waals surface area contributed by atoms with Gasteiger partial charge in [-0.05, 0) is 77.0 Å². The number of hydrogen-bond donors (Lipinski definition) is 0. The van der Waals surface area contributed by atoms with Crippen molar-refractivity contribution >= 4 is 11.9 Å². The average Bonchev–Trinajstić information content (AvgIpc) is 3.34. The topological polar surface area (TPSA) is 61.8 Å². The molecule has 396 valence electrons. The van der Waals surface area contributed by atoms with Gasteiger partial charge in [0.2, 0.25) is 0 Å². The number of esters is 2. The lowest BCUT2D eigenvalue weighted by Crippen LogP contribution is -2.30. The van der Waals surface area contributed by atoms with Gasteiger partial charge in [-0.1, -0.05) is 274 Å². The van der Waals surface area contributed by atoms with Crippen molar-refractivity contribution in [3.8, 4) is 0 Å². The highest BCUT2D eigenvalue weighted by Gasteiger charge is 2.17. The van der Waals surface area contributed by atoms with Crippen molar-refractivity contribution < 1.29 is 23.8 Å². The summed E-state index contributed by atoms with van der Waals surface area (Å²) < 4.78 is 17.4. The summed E-state index contributed by atoms with van der Waals surface area (Å²) in [5, 5.41) is 0. The molecule has 0 N–H and O–H groups in total. The smallest absolute Gasteiger partial charge is 0.306 e. The number of ether oxygens (including phenoxy) is 3. The van der Waals surface area contributed by atoms with Crippen LogP contribution in [0.3, 0.4) is 0 Å². The van der Waals surface area contributed by atoms with Crippen LogP contribution in [0.1, 0.15) is 303 Å². The molecule has 0 spiro atoms. The van der Waals surface area contributed by atoms with Gasteiger partial charge in [0.1, 0.15) is 6.61 Å². The third-order valence-electron chi connectivity index (χ3n) is 13.0.